The zero-order chi connectivity index (χ0) is 70.4. The molecule has 5 atom stereocenters. The van der Waals surface area contributed by atoms with Gasteiger partial charge in [0.2, 0.25) is 0 Å². The van der Waals surface area contributed by atoms with Crippen molar-refractivity contribution in [2.75, 3.05) is 39.6 Å². The molecule has 0 amide bonds. The number of hydrogen-bond acceptors (Lipinski definition) is 15. The van der Waals surface area contributed by atoms with E-state index in [-0.39, 0.29) is 25.7 Å². The van der Waals surface area contributed by atoms with Crippen LogP contribution >= 0.6 is 15.6 Å². The highest BCUT2D eigenvalue weighted by molar-refractivity contribution is 7.47. The zero-order valence-corrected chi connectivity index (χ0v) is 61.8. The van der Waals surface area contributed by atoms with E-state index in [1.165, 1.54) is 64.2 Å². The van der Waals surface area contributed by atoms with E-state index in [2.05, 4.69) is 119 Å². The standard InChI is InChI=1S/C77H132O17P2/c1-5-9-13-17-21-25-29-32-33-34-35-36-37-40-43-46-50-54-58-62-75(80)88-68-73(94-77(82)64-60-56-52-48-44-39-31-27-23-19-15-11-7-3)70-92-96(85,86)90-66-71(78)65-89-95(83,84)91-69-72(93-76(81)63-59-55-51-47-41-28-24-20-16-12-8-4)67-87-74(79)61-57-53-49-45-42-38-30-26-22-18-14-10-6-2/h9,13,15,19,21,25-27,30-33,35-36,40,43,50,54,71-73,78H,5-8,10-12,14,16-18,20,22-24,28-29,34,37-39,41-42,44-49,51-53,55-70H2,1-4H3,(H,83,84)(H,85,86)/b13-9-,19-15-,25-21-,30-26-,31-27-,33-32-,36-35-,43-40-,54-50-. The maximum Gasteiger partial charge on any atom is 0.472 e. The Balaban J connectivity index is 5.38. The maximum atomic E-state index is 13.0. The molecule has 0 aliphatic rings. The molecule has 96 heavy (non-hydrogen) atoms. The molecule has 0 saturated carbocycles. The van der Waals surface area contributed by atoms with Gasteiger partial charge < -0.3 is 33.8 Å². The van der Waals surface area contributed by atoms with Gasteiger partial charge in [0.1, 0.15) is 19.3 Å². The third-order valence-electron chi connectivity index (χ3n) is 15.2. The van der Waals surface area contributed by atoms with Gasteiger partial charge in [-0.1, -0.05) is 265 Å². The van der Waals surface area contributed by atoms with Crippen molar-refractivity contribution in [3.8, 4) is 0 Å². The molecule has 5 unspecified atom stereocenters. The van der Waals surface area contributed by atoms with Gasteiger partial charge in [0.25, 0.3) is 0 Å². The van der Waals surface area contributed by atoms with Gasteiger partial charge >= 0.3 is 39.5 Å². The first kappa shape index (κ1) is 91.7. The van der Waals surface area contributed by atoms with Crippen molar-refractivity contribution in [3.05, 3.63) is 109 Å². The third kappa shape index (κ3) is 68.3. The Morgan fingerprint density at radius 2 is 0.583 bits per heavy atom. The molecule has 0 aromatic rings. The first-order valence-electron chi connectivity index (χ1n) is 37.1. The van der Waals surface area contributed by atoms with Crippen LogP contribution in [0.4, 0.5) is 0 Å². The van der Waals surface area contributed by atoms with Gasteiger partial charge in [-0.3, -0.25) is 37.3 Å². The number of aliphatic hydroxyl groups excluding tert-OH is 1. The summed E-state index contributed by atoms with van der Waals surface area (Å²) in [5, 5.41) is 10.6. The van der Waals surface area contributed by atoms with E-state index in [1.807, 2.05) is 18.2 Å². The molecule has 552 valence electrons. The maximum absolute atomic E-state index is 13.0. The molecule has 0 rings (SSSR count). The molecule has 0 aromatic carbocycles. The molecule has 0 fully saturated rings. The van der Waals surface area contributed by atoms with Crippen LogP contribution in [0.2, 0.25) is 0 Å². The molecule has 3 N–H and O–H groups in total. The number of ether oxygens (including phenoxy) is 4. The number of hydrogen-bond donors (Lipinski definition) is 3. The summed E-state index contributed by atoms with van der Waals surface area (Å²) >= 11 is 0. The molecular weight excluding hydrogens is 1260 g/mol. The summed E-state index contributed by atoms with van der Waals surface area (Å²) in [6, 6.07) is 0. The van der Waals surface area contributed by atoms with Crippen molar-refractivity contribution in [3.63, 3.8) is 0 Å². The summed E-state index contributed by atoms with van der Waals surface area (Å²) in [4.78, 5) is 72.6. The van der Waals surface area contributed by atoms with E-state index in [9.17, 15) is 43.2 Å². The predicted molar refractivity (Wildman–Crippen MR) is 390 cm³/mol. The highest BCUT2D eigenvalue weighted by Crippen LogP contribution is 2.45. The second-order valence-electron chi connectivity index (χ2n) is 24.5. The Hall–Kier alpha value is -4.28. The van der Waals surface area contributed by atoms with Gasteiger partial charge in [-0.2, -0.15) is 0 Å². The Morgan fingerprint density at radius 3 is 0.958 bits per heavy atom. The first-order chi connectivity index (χ1) is 46.7. The predicted octanol–water partition coefficient (Wildman–Crippen LogP) is 21.0. The topological polar surface area (TPSA) is 237 Å². The number of carbonyl (C=O) groups is 4. The van der Waals surface area contributed by atoms with Crippen molar-refractivity contribution < 1.29 is 80.2 Å². The second-order valence-corrected chi connectivity index (χ2v) is 27.4. The molecule has 0 bridgehead atoms. The van der Waals surface area contributed by atoms with E-state index in [1.54, 1.807) is 0 Å². The molecule has 0 radical (unpaired) electrons. The van der Waals surface area contributed by atoms with Crippen LogP contribution in [0.15, 0.2) is 109 Å². The molecule has 0 aliphatic carbocycles. The van der Waals surface area contributed by atoms with Crippen LogP contribution in [0.5, 0.6) is 0 Å². The van der Waals surface area contributed by atoms with Crippen LogP contribution in [-0.2, 0) is 65.4 Å². The van der Waals surface area contributed by atoms with Crippen LogP contribution in [-0.4, -0.2) is 96.7 Å². The molecule has 19 heteroatoms. The van der Waals surface area contributed by atoms with Crippen LogP contribution < -0.4 is 0 Å². The normalized spacial score (nSPS) is 14.6. The first-order valence-corrected chi connectivity index (χ1v) is 40.1. The van der Waals surface area contributed by atoms with Crippen molar-refractivity contribution in [1.29, 1.82) is 0 Å². The number of carbonyl (C=O) groups excluding carboxylic acids is 4. The Labute approximate surface area is 581 Å². The second kappa shape index (κ2) is 69.2. The Morgan fingerprint density at radius 1 is 0.302 bits per heavy atom. The molecular formula is C77H132O17P2. The summed E-state index contributed by atoms with van der Waals surface area (Å²) in [6.07, 6.45) is 72.5. The third-order valence-corrected chi connectivity index (χ3v) is 17.1. The lowest BCUT2D eigenvalue weighted by Crippen LogP contribution is -2.30. The number of phosphoric acid groups is 2. The number of unbranched alkanes of at least 4 members (excludes halogenated alkanes) is 25. The zero-order valence-electron chi connectivity index (χ0n) is 60.0. The monoisotopic (exact) mass is 1390 g/mol. The van der Waals surface area contributed by atoms with Crippen molar-refractivity contribution in [2.45, 2.75) is 316 Å². The van der Waals surface area contributed by atoms with E-state index < -0.39 is 97.5 Å². The fraction of sp³-hybridized carbons (Fsp3) is 0.714. The average Bonchev–Trinajstić information content (AvgIpc) is 1.17. The number of allylic oxidation sites excluding steroid dienone is 18. The lowest BCUT2D eigenvalue weighted by atomic mass is 10.1. The highest BCUT2D eigenvalue weighted by atomic mass is 31.2. The van der Waals surface area contributed by atoms with Crippen molar-refractivity contribution in [1.82, 2.24) is 0 Å². The van der Waals surface area contributed by atoms with Gasteiger partial charge in [0, 0.05) is 25.7 Å². The lowest BCUT2D eigenvalue weighted by molar-refractivity contribution is -0.161. The van der Waals surface area contributed by atoms with Crippen LogP contribution in [0, 0.1) is 0 Å². The van der Waals surface area contributed by atoms with Gasteiger partial charge in [0.15, 0.2) is 12.2 Å². The van der Waals surface area contributed by atoms with Crippen LogP contribution in [0.25, 0.3) is 0 Å². The fourth-order valence-electron chi connectivity index (χ4n) is 9.57. The minimum Gasteiger partial charge on any atom is -0.462 e. The molecule has 17 nitrogen and oxygen atoms in total. The number of aliphatic hydroxyl groups is 1. The Bertz CT molecular complexity index is 2250. The number of rotatable bonds is 69. The van der Waals surface area contributed by atoms with E-state index in [0.29, 0.717) is 32.1 Å². The SMILES string of the molecule is CC/C=C\C/C=C\C/C=C\C/C=C\C/C=C\C/C=C\CCC(=O)OCC(COP(=O)(O)OCC(O)COP(=O)(O)OCC(COC(=O)CCCCCCC/C=C\CCCCCC)OC(=O)CCCCCCCCCCCCC)OC(=O)CCCCCCC/C=C\C/C=C\CCC. The summed E-state index contributed by atoms with van der Waals surface area (Å²) in [5.41, 5.74) is 0. The van der Waals surface area contributed by atoms with Gasteiger partial charge in [-0.05, 0) is 116 Å². The summed E-state index contributed by atoms with van der Waals surface area (Å²) in [7, 11) is -9.96. The number of esters is 4. The fourth-order valence-corrected chi connectivity index (χ4v) is 11.2. The molecule has 0 aliphatic heterocycles. The lowest BCUT2D eigenvalue weighted by Gasteiger charge is -2.21. The summed E-state index contributed by atoms with van der Waals surface area (Å²) in [5.74, 6) is -2.29. The van der Waals surface area contributed by atoms with E-state index >= 15 is 0 Å². The average molecular weight is 1390 g/mol. The molecule has 0 spiro atoms. The van der Waals surface area contributed by atoms with Crippen molar-refractivity contribution in [2.24, 2.45) is 0 Å². The van der Waals surface area contributed by atoms with Crippen LogP contribution in [0.1, 0.15) is 297 Å². The smallest absolute Gasteiger partial charge is 0.462 e. The Kier molecular flexibility index (Phi) is 66.1. The van der Waals surface area contributed by atoms with E-state index in [4.69, 9.17) is 37.0 Å². The van der Waals surface area contributed by atoms with E-state index in [0.717, 1.165) is 148 Å². The quantitative estimate of drug-likeness (QED) is 0.0169. The highest BCUT2D eigenvalue weighted by Gasteiger charge is 2.30. The van der Waals surface area contributed by atoms with Gasteiger partial charge in [-0.15, -0.1) is 0 Å². The minimum atomic E-state index is -4.99. The minimum absolute atomic E-state index is 0.0319. The van der Waals surface area contributed by atoms with Gasteiger partial charge in [0.05, 0.1) is 26.4 Å². The van der Waals surface area contributed by atoms with Gasteiger partial charge in [-0.25, -0.2) is 9.13 Å². The van der Waals surface area contributed by atoms with Crippen molar-refractivity contribution >= 4 is 39.5 Å². The molecule has 0 heterocycles. The number of phosphoric ester groups is 2. The van der Waals surface area contributed by atoms with Crippen LogP contribution in [0.3, 0.4) is 0 Å². The largest absolute Gasteiger partial charge is 0.472 e. The molecule has 0 aromatic heterocycles. The summed E-state index contributed by atoms with van der Waals surface area (Å²) in [6.45, 7) is 4.56. The summed E-state index contributed by atoms with van der Waals surface area (Å²) < 4.78 is 68.2. The molecule has 0 saturated heterocycles.